The molecule has 1 aliphatic rings. The summed E-state index contributed by atoms with van der Waals surface area (Å²) in [4.78, 5) is 23.3. The van der Waals surface area contributed by atoms with E-state index in [1.807, 2.05) is 62.9 Å². The van der Waals surface area contributed by atoms with Crippen LogP contribution < -0.4 is 20.7 Å². The Morgan fingerprint density at radius 2 is 2.03 bits per heavy atom. The molecule has 0 atom stereocenters. The summed E-state index contributed by atoms with van der Waals surface area (Å²) in [7, 11) is 7.59. The first kappa shape index (κ1) is 26.5. The van der Waals surface area contributed by atoms with Crippen LogP contribution in [0, 0.1) is 5.41 Å². The number of allylic oxidation sites excluding steroid dienone is 5. The van der Waals surface area contributed by atoms with Crippen molar-refractivity contribution in [2.45, 2.75) is 12.8 Å². The molecule has 5 N–H and O–H groups in total. The van der Waals surface area contributed by atoms with Crippen LogP contribution in [0.5, 0.6) is 5.75 Å². The van der Waals surface area contributed by atoms with Crippen LogP contribution in [0.2, 0.25) is 0 Å². The summed E-state index contributed by atoms with van der Waals surface area (Å²) in [6.07, 6.45) is 12.0. The fourth-order valence-electron chi connectivity index (χ4n) is 3.83. The number of carbonyl (C=O) groups excluding carboxylic acids is 1. The van der Waals surface area contributed by atoms with Gasteiger partial charge in [0.05, 0.1) is 31.1 Å². The Morgan fingerprint density at radius 3 is 2.69 bits per heavy atom. The van der Waals surface area contributed by atoms with Crippen molar-refractivity contribution in [1.82, 2.24) is 14.9 Å². The van der Waals surface area contributed by atoms with Crippen molar-refractivity contribution >= 4 is 34.6 Å². The Bertz CT molecular complexity index is 1230. The molecule has 188 valence electrons. The standard InChI is InChI=1S/C27H33N7O2/c1-6-25(35)31-22-17-23(24(36-5)16-18(22)10-9-15-34(3)4)33-27-30-14-13-21(32-27)26(29-2)19-11-7-8-12-20(19)28/h6-8,11-14,16-17,28-29H,1,9-10,15H2,2-5H3,(H,31,35)(H,30,32,33)/p+1/b26-19-,28-20?. The van der Waals surface area contributed by atoms with Gasteiger partial charge in [-0.15, -0.1) is 0 Å². The number of hydrogen-bond acceptors (Lipinski definition) is 7. The minimum Gasteiger partial charge on any atom is -0.495 e. The van der Waals surface area contributed by atoms with Crippen LogP contribution in [0.25, 0.3) is 5.70 Å². The van der Waals surface area contributed by atoms with Gasteiger partial charge in [0.2, 0.25) is 11.9 Å². The molecule has 0 bridgehead atoms. The van der Waals surface area contributed by atoms with Gasteiger partial charge in [0.1, 0.15) is 11.4 Å². The molecule has 0 spiro atoms. The predicted molar refractivity (Wildman–Crippen MR) is 145 cm³/mol. The van der Waals surface area contributed by atoms with Crippen molar-refractivity contribution in [2.75, 3.05) is 45.4 Å². The van der Waals surface area contributed by atoms with E-state index < -0.39 is 0 Å². The lowest BCUT2D eigenvalue weighted by molar-refractivity contribution is -0.531. The molecule has 9 heteroatoms. The van der Waals surface area contributed by atoms with Gasteiger partial charge in [-0.1, -0.05) is 18.7 Å². The second-order valence-corrected chi connectivity index (χ2v) is 8.45. The van der Waals surface area contributed by atoms with Gasteiger partial charge in [-0.25, -0.2) is 9.97 Å². The Kier molecular flexibility index (Phi) is 9.26. The molecule has 0 unspecified atom stereocenters. The first-order chi connectivity index (χ1) is 17.4. The molecule has 0 fully saturated rings. The van der Waals surface area contributed by atoms with Crippen molar-refractivity contribution in [3.8, 4) is 5.75 Å². The maximum atomic E-state index is 12.1. The molecule has 1 amide bonds. The highest BCUT2D eigenvalue weighted by atomic mass is 16.5. The van der Waals surface area contributed by atoms with Gasteiger partial charge in [-0.2, -0.15) is 0 Å². The third kappa shape index (κ3) is 6.74. The summed E-state index contributed by atoms with van der Waals surface area (Å²) in [5, 5.41) is 16.3. The maximum absolute atomic E-state index is 12.1. The van der Waals surface area contributed by atoms with Crippen molar-refractivity contribution in [2.24, 2.45) is 0 Å². The summed E-state index contributed by atoms with van der Waals surface area (Å²) < 4.78 is 5.66. The van der Waals surface area contributed by atoms with Crippen LogP contribution in [-0.4, -0.2) is 61.3 Å². The summed E-state index contributed by atoms with van der Waals surface area (Å²) >= 11 is 0. The highest BCUT2D eigenvalue weighted by molar-refractivity contribution is 6.13. The van der Waals surface area contributed by atoms with E-state index in [4.69, 9.17) is 15.1 Å². The molecule has 1 aliphatic carbocycles. The molecule has 1 aromatic carbocycles. The minimum atomic E-state index is -0.287. The SMILES string of the molecule is C=CC(=O)Nc1cc(Nc2nccc(/C([NH2+]C)=C3\C=CC=CC3=N)n2)c(OC)cc1CCCN(C)C. The molecular weight excluding hydrogens is 454 g/mol. The smallest absolute Gasteiger partial charge is 0.247 e. The third-order valence-electron chi connectivity index (χ3n) is 5.60. The lowest BCUT2D eigenvalue weighted by Gasteiger charge is -2.18. The van der Waals surface area contributed by atoms with Crippen LogP contribution in [-0.2, 0) is 11.2 Å². The number of carbonyl (C=O) groups is 1. The average Bonchev–Trinajstić information content (AvgIpc) is 2.86. The Labute approximate surface area is 212 Å². The molecule has 0 saturated carbocycles. The number of amides is 1. The lowest BCUT2D eigenvalue weighted by atomic mass is 10.0. The van der Waals surface area contributed by atoms with Crippen LogP contribution in [0.1, 0.15) is 17.7 Å². The summed E-state index contributed by atoms with van der Waals surface area (Å²) in [5.74, 6) is 0.696. The van der Waals surface area contributed by atoms with Crippen molar-refractivity contribution < 1.29 is 14.8 Å². The topological polar surface area (TPSA) is 120 Å². The number of aromatic nitrogens is 2. The number of quaternary nitrogens is 1. The zero-order valence-corrected chi connectivity index (χ0v) is 21.3. The van der Waals surface area contributed by atoms with E-state index in [-0.39, 0.29) is 5.91 Å². The summed E-state index contributed by atoms with van der Waals surface area (Å²) in [6, 6.07) is 5.57. The summed E-state index contributed by atoms with van der Waals surface area (Å²) in [6.45, 7) is 4.49. The monoisotopic (exact) mass is 488 g/mol. The maximum Gasteiger partial charge on any atom is 0.247 e. The van der Waals surface area contributed by atoms with Crippen LogP contribution in [0.15, 0.2) is 66.9 Å². The number of hydrogen-bond donors (Lipinski definition) is 4. The van der Waals surface area contributed by atoms with Crippen molar-refractivity contribution in [1.29, 1.82) is 5.41 Å². The van der Waals surface area contributed by atoms with Gasteiger partial charge in [-0.3, -0.25) is 4.79 Å². The van der Waals surface area contributed by atoms with Gasteiger partial charge in [0.15, 0.2) is 5.70 Å². The Balaban J connectivity index is 1.96. The van der Waals surface area contributed by atoms with Gasteiger partial charge in [0.25, 0.3) is 0 Å². The molecular formula is C27H34N7O2+. The molecule has 36 heavy (non-hydrogen) atoms. The molecule has 0 saturated heterocycles. The number of methoxy groups -OCH3 is 1. The molecule has 1 aromatic heterocycles. The van der Waals surface area contributed by atoms with Gasteiger partial charge in [0, 0.05) is 11.9 Å². The molecule has 0 aliphatic heterocycles. The molecule has 0 radical (unpaired) electrons. The second kappa shape index (κ2) is 12.6. The van der Waals surface area contributed by atoms with Gasteiger partial charge < -0.3 is 31.0 Å². The van der Waals surface area contributed by atoms with E-state index in [2.05, 4.69) is 27.1 Å². The van der Waals surface area contributed by atoms with E-state index in [1.54, 1.807) is 19.4 Å². The molecule has 3 rings (SSSR count). The number of anilines is 3. The number of aryl methyl sites for hydroxylation is 1. The van der Waals surface area contributed by atoms with E-state index in [0.29, 0.717) is 34.5 Å². The quantitative estimate of drug-likeness (QED) is 0.361. The van der Waals surface area contributed by atoms with E-state index in [1.165, 1.54) is 6.08 Å². The highest BCUT2D eigenvalue weighted by Crippen LogP contribution is 2.34. The molecule has 2 aromatic rings. The van der Waals surface area contributed by atoms with Crippen molar-refractivity contribution in [3.63, 3.8) is 0 Å². The van der Waals surface area contributed by atoms with Crippen LogP contribution in [0.3, 0.4) is 0 Å². The fourth-order valence-corrected chi connectivity index (χ4v) is 3.83. The van der Waals surface area contributed by atoms with Crippen molar-refractivity contribution in [3.05, 3.63) is 78.2 Å². The number of nitrogens with zero attached hydrogens (tertiary/aromatic N) is 3. The van der Waals surface area contributed by atoms with E-state index >= 15 is 0 Å². The first-order valence-corrected chi connectivity index (χ1v) is 11.7. The number of rotatable bonds is 11. The highest BCUT2D eigenvalue weighted by Gasteiger charge is 2.18. The van der Waals surface area contributed by atoms with Crippen LogP contribution >= 0.6 is 0 Å². The molecule has 1 heterocycles. The van der Waals surface area contributed by atoms with E-state index in [9.17, 15) is 4.79 Å². The fraction of sp³-hybridized carbons (Fsp3) is 0.259. The first-order valence-electron chi connectivity index (χ1n) is 11.7. The molecule has 9 nitrogen and oxygen atoms in total. The number of nitrogens with one attached hydrogen (secondary N) is 3. The Hall–Kier alpha value is -4.08. The number of nitrogens with two attached hydrogens (primary N) is 1. The minimum absolute atomic E-state index is 0.287. The van der Waals surface area contributed by atoms with Crippen LogP contribution in [0.4, 0.5) is 17.3 Å². The lowest BCUT2D eigenvalue weighted by Crippen LogP contribution is -2.76. The van der Waals surface area contributed by atoms with Gasteiger partial charge >= 0.3 is 0 Å². The van der Waals surface area contributed by atoms with E-state index in [0.717, 1.165) is 36.2 Å². The zero-order valence-electron chi connectivity index (χ0n) is 21.3. The largest absolute Gasteiger partial charge is 0.495 e. The number of benzene rings is 1. The second-order valence-electron chi connectivity index (χ2n) is 8.45. The van der Waals surface area contributed by atoms with Gasteiger partial charge in [-0.05, 0) is 75.5 Å². The summed E-state index contributed by atoms with van der Waals surface area (Å²) in [5.41, 5.74) is 5.00. The Morgan fingerprint density at radius 1 is 1.25 bits per heavy atom. The third-order valence-corrected chi connectivity index (χ3v) is 5.60. The number of ether oxygens (including phenoxy) is 1. The zero-order chi connectivity index (χ0) is 26.1. The normalized spacial score (nSPS) is 14.1. The average molecular weight is 489 g/mol. The predicted octanol–water partition coefficient (Wildman–Crippen LogP) is 2.90.